The molecule has 0 bridgehead atoms. The zero-order chi connectivity index (χ0) is 13.0. The molecule has 1 atom stereocenters. The summed E-state index contributed by atoms with van der Waals surface area (Å²) in [5.74, 6) is 2.39. The van der Waals surface area contributed by atoms with Crippen LogP contribution in [0, 0.1) is 6.92 Å². The van der Waals surface area contributed by atoms with Crippen molar-refractivity contribution in [3.63, 3.8) is 0 Å². The number of nitrogens with zero attached hydrogens (tertiary/aromatic N) is 2. The molecule has 1 fully saturated rings. The lowest BCUT2D eigenvalue weighted by molar-refractivity contribution is 0.716. The molecule has 1 aliphatic rings. The van der Waals surface area contributed by atoms with Gasteiger partial charge in [0.1, 0.15) is 5.82 Å². The van der Waals surface area contributed by atoms with E-state index in [1.807, 2.05) is 13.2 Å². The van der Waals surface area contributed by atoms with Gasteiger partial charge in [0.25, 0.3) is 0 Å². The van der Waals surface area contributed by atoms with Crippen LogP contribution in [-0.4, -0.2) is 36.1 Å². The molecule has 18 heavy (non-hydrogen) atoms. The van der Waals surface area contributed by atoms with Crippen LogP contribution in [0.2, 0.25) is 0 Å². The summed E-state index contributed by atoms with van der Waals surface area (Å²) in [6.45, 7) is 7.60. The fraction of sp³-hybridized carbons (Fsp3) is 0.643. The van der Waals surface area contributed by atoms with Gasteiger partial charge in [-0.2, -0.15) is 11.8 Å². The van der Waals surface area contributed by atoms with Gasteiger partial charge in [-0.15, -0.1) is 0 Å². The smallest absolute Gasteiger partial charge is 0.131 e. The van der Waals surface area contributed by atoms with E-state index in [-0.39, 0.29) is 0 Å². The molecule has 100 valence electrons. The average Bonchev–Trinajstić information content (AvgIpc) is 2.39. The van der Waals surface area contributed by atoms with Crippen molar-refractivity contribution < 1.29 is 0 Å². The minimum Gasteiger partial charge on any atom is -0.354 e. The number of anilines is 1. The van der Waals surface area contributed by atoms with Crippen LogP contribution in [0.3, 0.4) is 0 Å². The zero-order valence-electron chi connectivity index (χ0n) is 11.6. The summed E-state index contributed by atoms with van der Waals surface area (Å²) >= 11 is 2.10. The van der Waals surface area contributed by atoms with Gasteiger partial charge in [-0.3, -0.25) is 0 Å². The van der Waals surface area contributed by atoms with E-state index in [4.69, 9.17) is 0 Å². The normalized spacial score (nSPS) is 20.2. The lowest BCUT2D eigenvalue weighted by atomic mass is 10.2. The molecule has 2 rings (SSSR count). The standard InChI is InChI=1S/C14H23N3S/c1-4-13-10-17(5-6-18-13)14-11(2)7-12(8-15-3)9-16-14/h7,9,13,15H,4-6,8,10H2,1-3H3. The van der Waals surface area contributed by atoms with Crippen LogP contribution in [0.4, 0.5) is 5.82 Å². The highest BCUT2D eigenvalue weighted by Crippen LogP contribution is 2.26. The van der Waals surface area contributed by atoms with Crippen LogP contribution >= 0.6 is 11.8 Å². The molecule has 1 aromatic rings. The molecular formula is C14H23N3S. The van der Waals surface area contributed by atoms with Crippen LogP contribution in [0.15, 0.2) is 12.3 Å². The Hall–Kier alpha value is -0.740. The van der Waals surface area contributed by atoms with E-state index in [9.17, 15) is 0 Å². The molecule has 4 heteroatoms. The van der Waals surface area contributed by atoms with Crippen molar-refractivity contribution in [2.75, 3.05) is 30.8 Å². The third-order valence-corrected chi connectivity index (χ3v) is 4.75. The summed E-state index contributed by atoms with van der Waals surface area (Å²) in [6, 6.07) is 2.25. The van der Waals surface area contributed by atoms with Crippen molar-refractivity contribution in [2.45, 2.75) is 32.1 Å². The van der Waals surface area contributed by atoms with Gasteiger partial charge in [0.2, 0.25) is 0 Å². The van der Waals surface area contributed by atoms with E-state index >= 15 is 0 Å². The van der Waals surface area contributed by atoms with Crippen molar-refractivity contribution >= 4 is 17.6 Å². The maximum absolute atomic E-state index is 4.67. The maximum Gasteiger partial charge on any atom is 0.131 e. The van der Waals surface area contributed by atoms with E-state index in [1.165, 1.54) is 29.1 Å². The first-order valence-corrected chi connectivity index (χ1v) is 7.76. The van der Waals surface area contributed by atoms with Gasteiger partial charge in [0, 0.05) is 36.8 Å². The summed E-state index contributed by atoms with van der Waals surface area (Å²) in [6.07, 6.45) is 3.25. The number of hydrogen-bond donors (Lipinski definition) is 1. The van der Waals surface area contributed by atoms with Crippen molar-refractivity contribution in [3.8, 4) is 0 Å². The number of thioether (sulfide) groups is 1. The largest absolute Gasteiger partial charge is 0.354 e. The maximum atomic E-state index is 4.67. The third kappa shape index (κ3) is 3.18. The quantitative estimate of drug-likeness (QED) is 0.905. The van der Waals surface area contributed by atoms with Crippen molar-refractivity contribution in [1.29, 1.82) is 0 Å². The molecule has 3 nitrogen and oxygen atoms in total. The van der Waals surface area contributed by atoms with Gasteiger partial charge in [-0.05, 0) is 37.6 Å². The molecule has 0 aromatic carbocycles. The molecule has 1 unspecified atom stereocenters. The molecule has 0 amide bonds. The van der Waals surface area contributed by atoms with E-state index in [0.29, 0.717) is 0 Å². The van der Waals surface area contributed by atoms with Crippen LogP contribution in [0.25, 0.3) is 0 Å². The molecule has 0 aliphatic carbocycles. The first kappa shape index (κ1) is 13.7. The number of nitrogens with one attached hydrogen (secondary N) is 1. The van der Waals surface area contributed by atoms with Crippen molar-refractivity contribution in [1.82, 2.24) is 10.3 Å². The second-order valence-corrected chi connectivity index (χ2v) is 6.27. The summed E-state index contributed by atoms with van der Waals surface area (Å²) in [5, 5.41) is 3.93. The van der Waals surface area contributed by atoms with E-state index in [0.717, 1.165) is 24.9 Å². The lowest BCUT2D eigenvalue weighted by Gasteiger charge is -2.33. The number of aromatic nitrogens is 1. The summed E-state index contributed by atoms with van der Waals surface area (Å²) in [7, 11) is 1.97. The van der Waals surface area contributed by atoms with Crippen molar-refractivity contribution in [2.24, 2.45) is 0 Å². The fourth-order valence-corrected chi connectivity index (χ4v) is 3.60. The molecular weight excluding hydrogens is 242 g/mol. The molecule has 1 aromatic heterocycles. The van der Waals surface area contributed by atoms with Gasteiger partial charge in [0.15, 0.2) is 0 Å². The van der Waals surface area contributed by atoms with Crippen LogP contribution in [0.5, 0.6) is 0 Å². The Morgan fingerprint density at radius 3 is 3.06 bits per heavy atom. The number of rotatable bonds is 4. The Bertz CT molecular complexity index is 395. The lowest BCUT2D eigenvalue weighted by Crippen LogP contribution is -2.38. The molecule has 2 heterocycles. The Balaban J connectivity index is 2.12. The minimum atomic E-state index is 0.761. The first-order chi connectivity index (χ1) is 8.74. The van der Waals surface area contributed by atoms with Gasteiger partial charge in [0.05, 0.1) is 0 Å². The topological polar surface area (TPSA) is 28.2 Å². The Labute approximate surface area is 114 Å². The molecule has 0 radical (unpaired) electrons. The predicted octanol–water partition coefficient (Wildman–Crippen LogP) is 2.44. The number of aryl methyl sites for hydroxylation is 1. The highest BCUT2D eigenvalue weighted by atomic mass is 32.2. The summed E-state index contributed by atoms with van der Waals surface area (Å²) < 4.78 is 0. The minimum absolute atomic E-state index is 0.761. The molecule has 1 aliphatic heterocycles. The van der Waals surface area contributed by atoms with E-state index in [2.05, 4.69) is 46.9 Å². The van der Waals surface area contributed by atoms with E-state index < -0.39 is 0 Å². The van der Waals surface area contributed by atoms with Gasteiger partial charge < -0.3 is 10.2 Å². The monoisotopic (exact) mass is 265 g/mol. The SMILES string of the molecule is CCC1CN(c2ncc(CNC)cc2C)CCS1. The third-order valence-electron chi connectivity index (χ3n) is 3.38. The molecule has 0 saturated carbocycles. The predicted molar refractivity (Wildman–Crippen MR) is 80.5 cm³/mol. The second-order valence-electron chi connectivity index (χ2n) is 4.86. The molecule has 0 spiro atoms. The van der Waals surface area contributed by atoms with Crippen LogP contribution in [-0.2, 0) is 6.54 Å². The van der Waals surface area contributed by atoms with Crippen molar-refractivity contribution in [3.05, 3.63) is 23.4 Å². The Morgan fingerprint density at radius 2 is 2.39 bits per heavy atom. The Morgan fingerprint density at radius 1 is 1.56 bits per heavy atom. The van der Waals surface area contributed by atoms with Gasteiger partial charge in [-0.1, -0.05) is 6.92 Å². The average molecular weight is 265 g/mol. The van der Waals surface area contributed by atoms with E-state index in [1.54, 1.807) is 0 Å². The first-order valence-electron chi connectivity index (χ1n) is 6.71. The number of hydrogen-bond acceptors (Lipinski definition) is 4. The zero-order valence-corrected chi connectivity index (χ0v) is 12.4. The molecule has 1 N–H and O–H groups in total. The van der Waals surface area contributed by atoms with Crippen LogP contribution in [0.1, 0.15) is 24.5 Å². The van der Waals surface area contributed by atoms with Gasteiger partial charge >= 0.3 is 0 Å². The Kier molecular flexibility index (Phi) is 4.89. The second kappa shape index (κ2) is 6.43. The van der Waals surface area contributed by atoms with Gasteiger partial charge in [-0.25, -0.2) is 4.98 Å². The number of pyridine rings is 1. The summed E-state index contributed by atoms with van der Waals surface area (Å²) in [4.78, 5) is 7.11. The molecule has 1 saturated heterocycles. The summed E-state index contributed by atoms with van der Waals surface area (Å²) in [5.41, 5.74) is 2.56. The fourth-order valence-electron chi connectivity index (χ4n) is 2.42. The van der Waals surface area contributed by atoms with Crippen LogP contribution < -0.4 is 10.2 Å². The highest BCUT2D eigenvalue weighted by Gasteiger charge is 2.21. The highest BCUT2D eigenvalue weighted by molar-refractivity contribution is 8.00.